The van der Waals surface area contributed by atoms with Gasteiger partial charge in [-0.05, 0) is 13.0 Å². The van der Waals surface area contributed by atoms with Crippen molar-refractivity contribution in [1.82, 2.24) is 0 Å². The average molecular weight is 175 g/mol. The highest BCUT2D eigenvalue weighted by molar-refractivity contribution is 5.94. The van der Waals surface area contributed by atoms with Crippen LogP contribution in [0.5, 0.6) is 0 Å². The van der Waals surface area contributed by atoms with Crippen LogP contribution >= 0.6 is 0 Å². The minimum Gasteiger partial charge on any atom is -0.295 e. The smallest absolute Gasteiger partial charge is 0.240 e. The molecule has 1 aliphatic rings. The Morgan fingerprint density at radius 3 is 2.77 bits per heavy atom. The summed E-state index contributed by atoms with van der Waals surface area (Å²) in [6, 6.07) is 0. The van der Waals surface area contributed by atoms with E-state index in [1.54, 1.807) is 24.3 Å². The Hall–Kier alpha value is -1.73. The minimum absolute atomic E-state index is 0.00134. The van der Waals surface area contributed by atoms with Crippen LogP contribution < -0.4 is 0 Å². The van der Waals surface area contributed by atoms with E-state index in [9.17, 15) is 9.59 Å². The Morgan fingerprint density at radius 1 is 1.46 bits per heavy atom. The molecule has 0 unspecified atom stereocenters. The first-order valence-electron chi connectivity index (χ1n) is 3.89. The van der Waals surface area contributed by atoms with Crippen molar-refractivity contribution in [1.29, 1.82) is 0 Å². The second-order valence-corrected chi connectivity index (χ2v) is 2.67. The quantitative estimate of drug-likeness (QED) is 0.473. The highest BCUT2D eigenvalue weighted by Crippen LogP contribution is 2.15. The maximum Gasteiger partial charge on any atom is 0.240 e. The molecule has 0 atom stereocenters. The van der Waals surface area contributed by atoms with Crippen LogP contribution in [0.4, 0.5) is 0 Å². The third kappa shape index (κ3) is 2.65. The van der Waals surface area contributed by atoms with E-state index in [1.807, 2.05) is 0 Å². The van der Waals surface area contributed by atoms with Crippen molar-refractivity contribution in [2.24, 2.45) is 4.99 Å². The fourth-order valence-electron chi connectivity index (χ4n) is 1.03. The SMILES string of the molecule is CC(=O)C1=CC=CC=C(N=C=O)C1. The molecule has 0 N–H and O–H groups in total. The first-order chi connectivity index (χ1) is 6.24. The predicted molar refractivity (Wildman–Crippen MR) is 48.7 cm³/mol. The van der Waals surface area contributed by atoms with E-state index >= 15 is 0 Å². The number of allylic oxidation sites excluding steroid dienone is 5. The number of ketones is 1. The summed E-state index contributed by atoms with van der Waals surface area (Å²) in [7, 11) is 0. The molecule has 0 heterocycles. The van der Waals surface area contributed by atoms with Crippen LogP contribution in [0.25, 0.3) is 0 Å². The number of hydrogen-bond donors (Lipinski definition) is 0. The van der Waals surface area contributed by atoms with Crippen LogP contribution in [-0.2, 0) is 9.59 Å². The normalized spacial score (nSPS) is 15.2. The van der Waals surface area contributed by atoms with E-state index in [4.69, 9.17) is 0 Å². The molecule has 0 aromatic heterocycles. The van der Waals surface area contributed by atoms with Crippen molar-refractivity contribution < 1.29 is 9.59 Å². The summed E-state index contributed by atoms with van der Waals surface area (Å²) < 4.78 is 0. The van der Waals surface area contributed by atoms with E-state index in [2.05, 4.69) is 4.99 Å². The molecule has 0 fully saturated rings. The summed E-state index contributed by atoms with van der Waals surface area (Å²) in [4.78, 5) is 24.5. The lowest BCUT2D eigenvalue weighted by atomic mass is 10.1. The Labute approximate surface area is 76.2 Å². The van der Waals surface area contributed by atoms with Gasteiger partial charge in [0.25, 0.3) is 0 Å². The zero-order valence-electron chi connectivity index (χ0n) is 7.28. The molecule has 0 amide bonds. The highest BCUT2D eigenvalue weighted by Gasteiger charge is 2.06. The molecule has 13 heavy (non-hydrogen) atoms. The molecule has 0 saturated heterocycles. The molecular weight excluding hydrogens is 166 g/mol. The van der Waals surface area contributed by atoms with Crippen LogP contribution in [0.3, 0.4) is 0 Å². The number of isocyanates is 1. The standard InChI is InChI=1S/C10H9NO2/c1-8(13)9-4-2-3-5-10(6-9)11-7-12/h2-5H,6H2,1H3. The molecule has 1 rings (SSSR count). The van der Waals surface area contributed by atoms with Gasteiger partial charge in [-0.2, -0.15) is 4.99 Å². The molecule has 0 aromatic rings. The van der Waals surface area contributed by atoms with Crippen LogP contribution in [0.15, 0.2) is 40.6 Å². The van der Waals surface area contributed by atoms with E-state index in [1.165, 1.54) is 13.0 Å². The van der Waals surface area contributed by atoms with Gasteiger partial charge < -0.3 is 0 Å². The summed E-state index contributed by atoms with van der Waals surface area (Å²) in [6.45, 7) is 1.49. The van der Waals surface area contributed by atoms with E-state index < -0.39 is 0 Å². The topological polar surface area (TPSA) is 46.5 Å². The molecule has 3 heteroatoms. The van der Waals surface area contributed by atoms with Gasteiger partial charge in [0.1, 0.15) is 0 Å². The summed E-state index contributed by atoms with van der Waals surface area (Å²) >= 11 is 0. The van der Waals surface area contributed by atoms with E-state index in [0.29, 0.717) is 17.7 Å². The summed E-state index contributed by atoms with van der Waals surface area (Å²) in [6.07, 6.45) is 8.78. The van der Waals surface area contributed by atoms with Crippen LogP contribution in [-0.4, -0.2) is 11.9 Å². The number of Topliss-reactive ketones (excluding diaryl/α,β-unsaturated/α-hetero) is 1. The predicted octanol–water partition coefficient (Wildman–Crippen LogP) is 1.68. The molecule has 3 nitrogen and oxygen atoms in total. The van der Waals surface area contributed by atoms with Gasteiger partial charge in [-0.15, -0.1) is 0 Å². The third-order valence-electron chi connectivity index (χ3n) is 1.71. The molecule has 0 saturated carbocycles. The number of rotatable bonds is 2. The van der Waals surface area contributed by atoms with Crippen molar-refractivity contribution in [3.8, 4) is 0 Å². The van der Waals surface area contributed by atoms with E-state index in [0.717, 1.165) is 0 Å². The molecule has 0 spiro atoms. The third-order valence-corrected chi connectivity index (χ3v) is 1.71. The van der Waals surface area contributed by atoms with Gasteiger partial charge in [0.15, 0.2) is 5.78 Å². The van der Waals surface area contributed by atoms with Crippen molar-refractivity contribution in [2.45, 2.75) is 13.3 Å². The van der Waals surface area contributed by atoms with Crippen LogP contribution in [0, 0.1) is 0 Å². The molecule has 0 radical (unpaired) electrons. The molecule has 1 aliphatic carbocycles. The largest absolute Gasteiger partial charge is 0.295 e. The fourth-order valence-corrected chi connectivity index (χ4v) is 1.03. The lowest BCUT2D eigenvalue weighted by molar-refractivity contribution is -0.113. The number of nitrogens with zero attached hydrogens (tertiary/aromatic N) is 1. The second kappa shape index (κ2) is 4.33. The van der Waals surface area contributed by atoms with Gasteiger partial charge in [0.05, 0.1) is 5.70 Å². The van der Waals surface area contributed by atoms with Crippen molar-refractivity contribution >= 4 is 11.9 Å². The van der Waals surface area contributed by atoms with E-state index in [-0.39, 0.29) is 5.78 Å². The molecule has 0 bridgehead atoms. The Balaban J connectivity index is 2.92. The highest BCUT2D eigenvalue weighted by atomic mass is 16.1. The summed E-state index contributed by atoms with van der Waals surface area (Å²) in [5.41, 5.74) is 1.21. The maximum absolute atomic E-state index is 11.0. The molecular formula is C10H9NO2. The summed E-state index contributed by atoms with van der Waals surface area (Å²) in [5.74, 6) is -0.00134. The summed E-state index contributed by atoms with van der Waals surface area (Å²) in [5, 5.41) is 0. The lowest BCUT2D eigenvalue weighted by Crippen LogP contribution is -1.96. The Bertz CT molecular complexity index is 335. The fraction of sp³-hybridized carbons (Fsp3) is 0.200. The van der Waals surface area contributed by atoms with Gasteiger partial charge in [-0.1, -0.05) is 18.2 Å². The van der Waals surface area contributed by atoms with Crippen molar-refractivity contribution in [2.75, 3.05) is 0 Å². The molecule has 0 aliphatic heterocycles. The van der Waals surface area contributed by atoms with Crippen molar-refractivity contribution in [3.63, 3.8) is 0 Å². The Kier molecular flexibility index (Phi) is 3.12. The number of carbonyl (C=O) groups is 1. The molecule has 0 aromatic carbocycles. The van der Waals surface area contributed by atoms with Crippen molar-refractivity contribution in [3.05, 3.63) is 35.6 Å². The van der Waals surface area contributed by atoms with Crippen LogP contribution in [0.2, 0.25) is 0 Å². The number of aliphatic imine (C=N–C) groups is 1. The van der Waals surface area contributed by atoms with Gasteiger partial charge in [0.2, 0.25) is 6.08 Å². The minimum atomic E-state index is -0.00134. The van der Waals surface area contributed by atoms with Gasteiger partial charge in [0, 0.05) is 12.0 Å². The second-order valence-electron chi connectivity index (χ2n) is 2.67. The monoisotopic (exact) mass is 175 g/mol. The van der Waals surface area contributed by atoms with Gasteiger partial charge >= 0.3 is 0 Å². The van der Waals surface area contributed by atoms with Gasteiger partial charge in [-0.3, -0.25) is 4.79 Å². The number of hydrogen-bond acceptors (Lipinski definition) is 3. The zero-order chi connectivity index (χ0) is 9.68. The van der Waals surface area contributed by atoms with Gasteiger partial charge in [-0.25, -0.2) is 4.79 Å². The molecule has 66 valence electrons. The zero-order valence-corrected chi connectivity index (χ0v) is 7.28. The first kappa shape index (κ1) is 9.36. The average Bonchev–Trinajstić information content (AvgIpc) is 2.30. The number of carbonyl (C=O) groups excluding carboxylic acids is 2. The van der Waals surface area contributed by atoms with Crippen LogP contribution in [0.1, 0.15) is 13.3 Å². The maximum atomic E-state index is 11.0. The first-order valence-corrected chi connectivity index (χ1v) is 3.89. The lowest BCUT2D eigenvalue weighted by Gasteiger charge is -1.99. The Morgan fingerprint density at radius 2 is 2.15 bits per heavy atom.